The summed E-state index contributed by atoms with van der Waals surface area (Å²) in [6.45, 7) is 4.29. The molecule has 0 aliphatic carbocycles. The summed E-state index contributed by atoms with van der Waals surface area (Å²) in [4.78, 5) is 36.2. The van der Waals surface area contributed by atoms with E-state index < -0.39 is 0 Å². The minimum Gasteiger partial charge on any atom is -0.465 e. The van der Waals surface area contributed by atoms with Gasteiger partial charge in [0, 0.05) is 18.1 Å². The first-order valence-electron chi connectivity index (χ1n) is 7.92. The monoisotopic (exact) mass is 329 g/mol. The Labute approximate surface area is 140 Å². The number of carbonyl (C=O) groups is 3. The van der Waals surface area contributed by atoms with Gasteiger partial charge < -0.3 is 9.47 Å². The molecule has 0 saturated carbocycles. The van der Waals surface area contributed by atoms with Crippen LogP contribution in [-0.4, -0.2) is 36.6 Å². The van der Waals surface area contributed by atoms with E-state index in [1.54, 1.807) is 24.3 Å². The maximum Gasteiger partial charge on any atom is 0.310 e. The fourth-order valence-electron chi connectivity index (χ4n) is 2.93. The van der Waals surface area contributed by atoms with Crippen LogP contribution in [0.25, 0.3) is 0 Å². The van der Waals surface area contributed by atoms with Gasteiger partial charge in [0.25, 0.3) is 11.8 Å². The minimum absolute atomic E-state index is 0.122. The second-order valence-corrected chi connectivity index (χ2v) is 6.08. The van der Waals surface area contributed by atoms with Crippen LogP contribution in [0.2, 0.25) is 0 Å². The van der Waals surface area contributed by atoms with E-state index in [1.807, 2.05) is 13.8 Å². The molecular formula is C18H19NO5. The van der Waals surface area contributed by atoms with Crippen molar-refractivity contribution >= 4 is 23.5 Å². The summed E-state index contributed by atoms with van der Waals surface area (Å²) in [5.41, 5.74) is 1.25. The maximum atomic E-state index is 11.9. The van der Waals surface area contributed by atoms with E-state index in [0.29, 0.717) is 12.3 Å². The number of rotatable bonds is 5. The third-order valence-electron chi connectivity index (χ3n) is 4.42. The molecule has 2 heterocycles. The lowest BCUT2D eigenvalue weighted by atomic mass is 9.92. The topological polar surface area (TPSA) is 72.9 Å². The Bertz CT molecular complexity index is 668. The molecule has 1 aromatic carbocycles. The molecule has 1 aromatic rings. The summed E-state index contributed by atoms with van der Waals surface area (Å²) in [5.74, 6) is -0.781. The van der Waals surface area contributed by atoms with E-state index in [1.165, 1.54) is 12.2 Å². The molecule has 24 heavy (non-hydrogen) atoms. The molecule has 2 atom stereocenters. The number of esters is 1. The summed E-state index contributed by atoms with van der Waals surface area (Å²) >= 11 is 0. The normalized spacial score (nSPS) is 25.8. The Morgan fingerprint density at radius 1 is 1.08 bits per heavy atom. The lowest BCUT2D eigenvalue weighted by Gasteiger charge is -2.40. The number of ether oxygens (including phenoxy) is 2. The second kappa shape index (κ2) is 6.57. The number of carbonyl (C=O) groups excluding carboxylic acids is 3. The molecule has 6 heteroatoms. The Balaban J connectivity index is 1.53. The van der Waals surface area contributed by atoms with Gasteiger partial charge >= 0.3 is 5.97 Å². The molecule has 0 radical (unpaired) electrons. The molecule has 0 spiro atoms. The molecular weight excluding hydrogens is 310 g/mol. The molecule has 2 aliphatic rings. The van der Waals surface area contributed by atoms with Crippen LogP contribution >= 0.6 is 0 Å². The average Bonchev–Trinajstić information content (AvgIpc) is 2.87. The molecule has 0 bridgehead atoms. The average molecular weight is 329 g/mol. The summed E-state index contributed by atoms with van der Waals surface area (Å²) < 4.78 is 10.7. The predicted molar refractivity (Wildman–Crippen MR) is 86.2 cm³/mol. The van der Waals surface area contributed by atoms with Crippen LogP contribution < -0.4 is 4.90 Å². The fraction of sp³-hybridized carbons (Fsp3) is 0.389. The highest BCUT2D eigenvalue weighted by atomic mass is 16.6. The quantitative estimate of drug-likeness (QED) is 0.606. The Morgan fingerprint density at radius 3 is 2.21 bits per heavy atom. The first kappa shape index (κ1) is 16.4. The van der Waals surface area contributed by atoms with Gasteiger partial charge in [-0.1, -0.05) is 12.1 Å². The molecule has 126 valence electrons. The van der Waals surface area contributed by atoms with Gasteiger partial charge in [-0.25, -0.2) is 4.90 Å². The Morgan fingerprint density at radius 2 is 1.67 bits per heavy atom. The zero-order chi connectivity index (χ0) is 17.3. The van der Waals surface area contributed by atoms with Crippen molar-refractivity contribution in [2.24, 2.45) is 5.92 Å². The highest BCUT2D eigenvalue weighted by Gasteiger charge is 2.36. The summed E-state index contributed by atoms with van der Waals surface area (Å²) in [7, 11) is 0. The van der Waals surface area contributed by atoms with Crippen LogP contribution in [0.15, 0.2) is 36.4 Å². The smallest absolute Gasteiger partial charge is 0.310 e. The molecule has 0 N–H and O–H groups in total. The minimum atomic E-state index is -0.363. The third kappa shape index (κ3) is 3.23. The summed E-state index contributed by atoms with van der Waals surface area (Å²) in [5, 5.41) is 0. The molecule has 0 aromatic heterocycles. The summed E-state index contributed by atoms with van der Waals surface area (Å²) in [6.07, 6.45) is 2.86. The largest absolute Gasteiger partial charge is 0.465 e. The first-order valence-corrected chi connectivity index (χ1v) is 7.92. The van der Waals surface area contributed by atoms with Crippen molar-refractivity contribution in [1.29, 1.82) is 0 Å². The number of hydrogen-bond donors (Lipinski definition) is 0. The van der Waals surface area contributed by atoms with Gasteiger partial charge in [0.05, 0.1) is 30.9 Å². The standard InChI is InChI=1S/C18H19NO5/c1-11-15(12(2)24-11)10-23-18(22)9-13-3-5-14(6-4-13)19-16(20)7-8-17(19)21/h3-8,11-12,15H,9-10H2,1-2H3. The van der Waals surface area contributed by atoms with Crippen molar-refractivity contribution in [3.8, 4) is 0 Å². The number of benzene rings is 1. The molecule has 3 rings (SSSR count). The molecule has 2 aliphatic heterocycles. The van der Waals surface area contributed by atoms with E-state index in [-0.39, 0.29) is 42.3 Å². The number of anilines is 1. The van der Waals surface area contributed by atoms with Gasteiger partial charge in [-0.3, -0.25) is 14.4 Å². The second-order valence-electron chi connectivity index (χ2n) is 6.08. The van der Waals surface area contributed by atoms with Crippen molar-refractivity contribution in [1.82, 2.24) is 0 Å². The van der Waals surface area contributed by atoms with Gasteiger partial charge in [0.1, 0.15) is 0 Å². The fourth-order valence-corrected chi connectivity index (χ4v) is 2.93. The predicted octanol–water partition coefficient (Wildman–Crippen LogP) is 1.63. The van der Waals surface area contributed by atoms with Crippen LogP contribution in [0.4, 0.5) is 5.69 Å². The molecule has 1 saturated heterocycles. The number of nitrogens with zero attached hydrogens (tertiary/aromatic N) is 1. The van der Waals surface area contributed by atoms with Crippen molar-refractivity contribution in [2.45, 2.75) is 32.5 Å². The van der Waals surface area contributed by atoms with E-state index in [0.717, 1.165) is 10.5 Å². The third-order valence-corrected chi connectivity index (χ3v) is 4.42. The summed E-state index contributed by atoms with van der Waals surface area (Å²) in [6, 6.07) is 6.73. The van der Waals surface area contributed by atoms with Gasteiger partial charge in [0.15, 0.2) is 0 Å². The zero-order valence-electron chi connectivity index (χ0n) is 13.6. The SMILES string of the molecule is CC1OC(C)C1COC(=O)Cc1ccc(N2C(=O)C=CC2=O)cc1. The van der Waals surface area contributed by atoms with Crippen LogP contribution in [0.1, 0.15) is 19.4 Å². The maximum absolute atomic E-state index is 11.9. The van der Waals surface area contributed by atoms with Gasteiger partial charge in [-0.05, 0) is 31.5 Å². The molecule has 2 amide bonds. The Hall–Kier alpha value is -2.47. The number of hydrogen-bond acceptors (Lipinski definition) is 5. The van der Waals surface area contributed by atoms with E-state index in [2.05, 4.69) is 0 Å². The van der Waals surface area contributed by atoms with E-state index in [9.17, 15) is 14.4 Å². The number of amides is 2. The highest BCUT2D eigenvalue weighted by molar-refractivity contribution is 6.28. The van der Waals surface area contributed by atoms with Crippen molar-refractivity contribution in [2.75, 3.05) is 11.5 Å². The van der Waals surface area contributed by atoms with Crippen molar-refractivity contribution < 1.29 is 23.9 Å². The van der Waals surface area contributed by atoms with Crippen LogP contribution in [0.5, 0.6) is 0 Å². The Kier molecular flexibility index (Phi) is 4.49. The van der Waals surface area contributed by atoms with Gasteiger partial charge in [0.2, 0.25) is 0 Å². The first-order chi connectivity index (χ1) is 11.5. The van der Waals surface area contributed by atoms with Crippen LogP contribution in [0.3, 0.4) is 0 Å². The van der Waals surface area contributed by atoms with E-state index >= 15 is 0 Å². The molecule has 1 fully saturated rings. The number of imide groups is 1. The van der Waals surface area contributed by atoms with Crippen LogP contribution in [0, 0.1) is 5.92 Å². The molecule has 6 nitrogen and oxygen atoms in total. The van der Waals surface area contributed by atoms with Crippen molar-refractivity contribution in [3.05, 3.63) is 42.0 Å². The van der Waals surface area contributed by atoms with Crippen molar-refractivity contribution in [3.63, 3.8) is 0 Å². The molecule has 2 unspecified atom stereocenters. The van der Waals surface area contributed by atoms with Gasteiger partial charge in [-0.15, -0.1) is 0 Å². The zero-order valence-corrected chi connectivity index (χ0v) is 13.6. The lowest BCUT2D eigenvalue weighted by Crippen LogP contribution is -2.48. The van der Waals surface area contributed by atoms with Gasteiger partial charge in [-0.2, -0.15) is 0 Å². The van der Waals surface area contributed by atoms with E-state index in [4.69, 9.17) is 9.47 Å². The van der Waals surface area contributed by atoms with Crippen LogP contribution in [-0.2, 0) is 30.3 Å². The highest BCUT2D eigenvalue weighted by Crippen LogP contribution is 2.28. The lowest BCUT2D eigenvalue weighted by molar-refractivity contribution is -0.189.